The molecule has 2 atom stereocenters. The number of likely N-dealkylation sites (N-methyl/N-ethyl adjacent to an activating group) is 1. The second kappa shape index (κ2) is 7.60. The predicted octanol–water partition coefficient (Wildman–Crippen LogP) is -0.303. The lowest BCUT2D eigenvalue weighted by atomic mass is 10.0. The maximum Gasteiger partial charge on any atom is 0.255 e. The Morgan fingerprint density at radius 1 is 1.56 bits per heavy atom. The number of hydrogen-bond donors (Lipinski definition) is 2. The number of amides is 1. The molecule has 0 aromatic carbocycles. The van der Waals surface area contributed by atoms with Crippen LogP contribution in [0.25, 0.3) is 0 Å². The number of alkyl halides is 2. The van der Waals surface area contributed by atoms with Gasteiger partial charge in [0.1, 0.15) is 0 Å². The molecule has 0 spiro atoms. The summed E-state index contributed by atoms with van der Waals surface area (Å²) in [4.78, 5) is 13.1. The van der Waals surface area contributed by atoms with E-state index in [0.717, 1.165) is 4.90 Å². The number of carbonyl (C=O) groups excluding carboxylic acids is 1. The molecule has 2 N–H and O–H groups in total. The van der Waals surface area contributed by atoms with Crippen molar-refractivity contribution in [2.24, 2.45) is 5.92 Å². The van der Waals surface area contributed by atoms with Crippen LogP contribution in [0, 0.1) is 5.92 Å². The quantitative estimate of drug-likeness (QED) is 0.664. The van der Waals surface area contributed by atoms with Gasteiger partial charge in [-0.3, -0.25) is 4.79 Å². The number of carbonyl (C=O) groups is 1. The molecule has 1 amide bonds. The maximum atomic E-state index is 12.4. The van der Waals surface area contributed by atoms with Crippen molar-refractivity contribution >= 4 is 5.91 Å². The van der Waals surface area contributed by atoms with Crippen LogP contribution in [-0.2, 0) is 9.53 Å². The molecule has 2 unspecified atom stereocenters. The predicted molar refractivity (Wildman–Crippen MR) is 61.4 cm³/mol. The van der Waals surface area contributed by atoms with Gasteiger partial charge in [-0.2, -0.15) is 0 Å². The van der Waals surface area contributed by atoms with Crippen LogP contribution in [0.4, 0.5) is 8.78 Å². The molecule has 1 fully saturated rings. The third-order valence-corrected chi connectivity index (χ3v) is 2.90. The molecule has 7 heteroatoms. The number of ether oxygens (including phenoxy) is 1. The summed E-state index contributed by atoms with van der Waals surface area (Å²) in [7, 11) is 0. The van der Waals surface area contributed by atoms with E-state index in [1.807, 2.05) is 6.92 Å². The highest BCUT2D eigenvalue weighted by Gasteiger charge is 2.36. The maximum absolute atomic E-state index is 12.4. The highest BCUT2D eigenvalue weighted by molar-refractivity contribution is 5.80. The first kappa shape index (κ1) is 15.3. The fourth-order valence-corrected chi connectivity index (χ4v) is 2.07. The minimum absolute atomic E-state index is 0.0709. The van der Waals surface area contributed by atoms with Gasteiger partial charge in [0.2, 0.25) is 5.91 Å². The van der Waals surface area contributed by atoms with Crippen molar-refractivity contribution in [3.8, 4) is 0 Å². The van der Waals surface area contributed by atoms with Crippen LogP contribution >= 0.6 is 0 Å². The van der Waals surface area contributed by atoms with Crippen LogP contribution in [0.5, 0.6) is 0 Å². The normalized spacial score (nSPS) is 23.6. The lowest BCUT2D eigenvalue weighted by Gasteiger charge is -2.26. The Morgan fingerprint density at radius 2 is 2.28 bits per heavy atom. The van der Waals surface area contributed by atoms with Crippen LogP contribution < -0.4 is 5.32 Å². The number of aliphatic hydroxyl groups excluding tert-OH is 1. The first-order chi connectivity index (χ1) is 8.60. The van der Waals surface area contributed by atoms with E-state index in [9.17, 15) is 13.6 Å². The van der Waals surface area contributed by atoms with Gasteiger partial charge in [-0.15, -0.1) is 0 Å². The molecule has 1 rings (SSSR count). The zero-order chi connectivity index (χ0) is 13.5. The van der Waals surface area contributed by atoms with Gasteiger partial charge >= 0.3 is 0 Å². The van der Waals surface area contributed by atoms with Crippen molar-refractivity contribution in [2.75, 3.05) is 39.5 Å². The molecule has 1 aliphatic heterocycles. The average molecular weight is 266 g/mol. The number of nitrogens with one attached hydrogen (secondary N) is 1. The molecule has 1 heterocycles. The Hall–Kier alpha value is -0.790. The zero-order valence-electron chi connectivity index (χ0n) is 10.4. The monoisotopic (exact) mass is 266 g/mol. The number of hydrogen-bond acceptors (Lipinski definition) is 4. The SMILES string of the molecule is CCNC1COCC1C(=O)N(CCO)CC(F)F. The van der Waals surface area contributed by atoms with E-state index >= 15 is 0 Å². The van der Waals surface area contributed by atoms with Gasteiger partial charge < -0.3 is 20.1 Å². The molecular weight excluding hydrogens is 246 g/mol. The summed E-state index contributed by atoms with van der Waals surface area (Å²) in [5, 5.41) is 11.9. The summed E-state index contributed by atoms with van der Waals surface area (Å²) in [5.74, 6) is -0.831. The third-order valence-electron chi connectivity index (χ3n) is 2.90. The van der Waals surface area contributed by atoms with Gasteiger partial charge in [-0.05, 0) is 6.54 Å². The number of halogens is 2. The Bertz CT molecular complexity index is 267. The molecule has 0 aromatic heterocycles. The second-order valence-corrected chi connectivity index (χ2v) is 4.21. The van der Waals surface area contributed by atoms with E-state index in [1.54, 1.807) is 0 Å². The first-order valence-electron chi connectivity index (χ1n) is 6.09. The molecule has 1 saturated heterocycles. The minimum atomic E-state index is -2.60. The van der Waals surface area contributed by atoms with E-state index in [4.69, 9.17) is 9.84 Å². The van der Waals surface area contributed by atoms with Crippen LogP contribution in [0.3, 0.4) is 0 Å². The van der Waals surface area contributed by atoms with E-state index in [2.05, 4.69) is 5.32 Å². The molecular formula is C11H20F2N2O3. The van der Waals surface area contributed by atoms with Gasteiger partial charge in [0.15, 0.2) is 0 Å². The molecule has 0 radical (unpaired) electrons. The standard InChI is InChI=1S/C11H20F2N2O3/c1-2-14-9-7-18-6-8(9)11(17)15(3-4-16)5-10(12)13/h8-10,14,16H,2-7H2,1H3. The average Bonchev–Trinajstić information content (AvgIpc) is 2.76. The topological polar surface area (TPSA) is 61.8 Å². The molecule has 106 valence electrons. The van der Waals surface area contributed by atoms with Crippen LogP contribution in [0.15, 0.2) is 0 Å². The highest BCUT2D eigenvalue weighted by Crippen LogP contribution is 2.17. The van der Waals surface area contributed by atoms with Crippen molar-refractivity contribution in [2.45, 2.75) is 19.4 Å². The number of aliphatic hydroxyl groups is 1. The van der Waals surface area contributed by atoms with Crippen molar-refractivity contribution in [1.29, 1.82) is 0 Å². The number of nitrogens with zero attached hydrogens (tertiary/aromatic N) is 1. The molecule has 1 aliphatic rings. The zero-order valence-corrected chi connectivity index (χ0v) is 10.4. The van der Waals surface area contributed by atoms with Gasteiger partial charge in [0.25, 0.3) is 6.43 Å². The van der Waals surface area contributed by atoms with Crippen molar-refractivity contribution in [3.05, 3.63) is 0 Å². The van der Waals surface area contributed by atoms with Crippen molar-refractivity contribution in [1.82, 2.24) is 10.2 Å². The van der Waals surface area contributed by atoms with E-state index < -0.39 is 18.9 Å². The molecule has 0 saturated carbocycles. The van der Waals surface area contributed by atoms with Gasteiger partial charge in [0.05, 0.1) is 32.3 Å². The van der Waals surface area contributed by atoms with Gasteiger partial charge in [0, 0.05) is 12.6 Å². The van der Waals surface area contributed by atoms with Gasteiger partial charge in [-0.1, -0.05) is 6.92 Å². The Kier molecular flexibility index (Phi) is 6.45. The Labute approximate surface area is 105 Å². The third kappa shape index (κ3) is 4.15. The fourth-order valence-electron chi connectivity index (χ4n) is 2.07. The summed E-state index contributed by atoms with van der Waals surface area (Å²) in [6.07, 6.45) is -2.60. The van der Waals surface area contributed by atoms with Crippen molar-refractivity contribution < 1.29 is 23.4 Å². The Balaban J connectivity index is 2.63. The Morgan fingerprint density at radius 3 is 2.83 bits per heavy atom. The molecule has 5 nitrogen and oxygen atoms in total. The number of rotatable bonds is 7. The van der Waals surface area contributed by atoms with Crippen molar-refractivity contribution in [3.63, 3.8) is 0 Å². The smallest absolute Gasteiger partial charge is 0.255 e. The summed E-state index contributed by atoms with van der Waals surface area (Å²) < 4.78 is 30.0. The molecule has 0 bridgehead atoms. The molecule has 18 heavy (non-hydrogen) atoms. The summed E-state index contributed by atoms with van der Waals surface area (Å²) in [6, 6.07) is -0.138. The van der Waals surface area contributed by atoms with Crippen LogP contribution in [0.2, 0.25) is 0 Å². The summed E-state index contributed by atoms with van der Waals surface area (Å²) in [5.41, 5.74) is 0. The largest absolute Gasteiger partial charge is 0.395 e. The van der Waals surface area contributed by atoms with E-state index in [0.29, 0.717) is 13.2 Å². The first-order valence-corrected chi connectivity index (χ1v) is 6.09. The van der Waals surface area contributed by atoms with Gasteiger partial charge in [-0.25, -0.2) is 8.78 Å². The summed E-state index contributed by atoms with van der Waals surface area (Å²) >= 11 is 0. The highest BCUT2D eigenvalue weighted by atomic mass is 19.3. The molecule has 0 aromatic rings. The molecule has 0 aliphatic carbocycles. The lowest BCUT2D eigenvalue weighted by Crippen LogP contribution is -2.47. The van der Waals surface area contributed by atoms with E-state index in [-0.39, 0.29) is 31.7 Å². The summed E-state index contributed by atoms with van der Waals surface area (Å²) in [6.45, 7) is 2.20. The minimum Gasteiger partial charge on any atom is -0.395 e. The van der Waals surface area contributed by atoms with Crippen LogP contribution in [0.1, 0.15) is 6.92 Å². The fraction of sp³-hybridized carbons (Fsp3) is 0.909. The lowest BCUT2D eigenvalue weighted by molar-refractivity contribution is -0.138. The van der Waals surface area contributed by atoms with E-state index in [1.165, 1.54) is 0 Å². The van der Waals surface area contributed by atoms with Crippen LogP contribution in [-0.4, -0.2) is 67.8 Å². The second-order valence-electron chi connectivity index (χ2n) is 4.21.